The number of anilines is 1. The summed E-state index contributed by atoms with van der Waals surface area (Å²) >= 11 is 1.08. The molecule has 164 valence electrons. The van der Waals surface area contributed by atoms with Crippen LogP contribution in [0.1, 0.15) is 5.56 Å². The average molecular weight is 459 g/mol. The number of alkyl halides is 3. The number of aromatic nitrogens is 4. The second-order valence-electron chi connectivity index (χ2n) is 6.62. The average Bonchev–Trinajstić information content (AvgIpc) is 3.19. The molecule has 0 aliphatic rings. The van der Waals surface area contributed by atoms with E-state index in [4.69, 9.17) is 4.74 Å². The lowest BCUT2D eigenvalue weighted by atomic mass is 10.1. The molecular formula is C21H16F3N5O2S. The quantitative estimate of drug-likeness (QED) is 0.426. The third-order valence-corrected chi connectivity index (χ3v) is 5.35. The van der Waals surface area contributed by atoms with Crippen LogP contribution in [0.5, 0.6) is 5.75 Å². The Balaban J connectivity index is 1.46. The molecular weight excluding hydrogens is 443 g/mol. The van der Waals surface area contributed by atoms with E-state index >= 15 is 0 Å². The maximum absolute atomic E-state index is 12.8. The summed E-state index contributed by atoms with van der Waals surface area (Å²) < 4.78 is 45.2. The summed E-state index contributed by atoms with van der Waals surface area (Å²) in [5.74, 6) is 0.172. The van der Waals surface area contributed by atoms with E-state index in [9.17, 15) is 18.0 Å². The maximum atomic E-state index is 12.8. The zero-order valence-corrected chi connectivity index (χ0v) is 17.4. The summed E-state index contributed by atoms with van der Waals surface area (Å²) in [6.07, 6.45) is -4.48. The van der Waals surface area contributed by atoms with E-state index < -0.39 is 17.6 Å². The van der Waals surface area contributed by atoms with Crippen LogP contribution in [0.25, 0.3) is 16.9 Å². The zero-order chi connectivity index (χ0) is 22.7. The molecule has 0 aliphatic carbocycles. The normalized spacial score (nSPS) is 11.5. The highest BCUT2D eigenvalue weighted by atomic mass is 32.2. The molecule has 7 nitrogen and oxygen atoms in total. The predicted molar refractivity (Wildman–Crippen MR) is 114 cm³/mol. The SMILES string of the molecule is COc1ccc(-c2ccc3nnc(SCC(=O)Nc4cccc(C(F)(F)F)c4)n3n2)cc1. The molecule has 2 aromatic carbocycles. The summed E-state index contributed by atoms with van der Waals surface area (Å²) in [4.78, 5) is 12.3. The van der Waals surface area contributed by atoms with Gasteiger partial charge in [0.15, 0.2) is 5.65 Å². The highest BCUT2D eigenvalue weighted by Crippen LogP contribution is 2.30. The van der Waals surface area contributed by atoms with Crippen LogP contribution in [-0.4, -0.2) is 38.6 Å². The second-order valence-corrected chi connectivity index (χ2v) is 7.56. The minimum Gasteiger partial charge on any atom is -0.497 e. The fourth-order valence-corrected chi connectivity index (χ4v) is 3.56. The van der Waals surface area contributed by atoms with E-state index in [1.54, 1.807) is 19.2 Å². The number of halogens is 3. The molecule has 0 fully saturated rings. The summed E-state index contributed by atoms with van der Waals surface area (Å²) in [6.45, 7) is 0. The summed E-state index contributed by atoms with van der Waals surface area (Å²) in [5.41, 5.74) is 1.27. The van der Waals surface area contributed by atoms with Crippen molar-refractivity contribution in [3.63, 3.8) is 0 Å². The van der Waals surface area contributed by atoms with Gasteiger partial charge in [-0.2, -0.15) is 22.8 Å². The number of ether oxygens (including phenoxy) is 1. The lowest BCUT2D eigenvalue weighted by Crippen LogP contribution is -2.15. The van der Waals surface area contributed by atoms with Crippen molar-refractivity contribution in [2.45, 2.75) is 11.3 Å². The lowest BCUT2D eigenvalue weighted by molar-refractivity contribution is -0.137. The third kappa shape index (κ3) is 4.83. The van der Waals surface area contributed by atoms with Gasteiger partial charge in [0, 0.05) is 11.3 Å². The first-order chi connectivity index (χ1) is 15.3. The number of methoxy groups -OCH3 is 1. The van der Waals surface area contributed by atoms with Crippen LogP contribution in [0, 0.1) is 0 Å². The van der Waals surface area contributed by atoms with Gasteiger partial charge in [-0.05, 0) is 54.6 Å². The van der Waals surface area contributed by atoms with Crippen molar-refractivity contribution in [3.05, 3.63) is 66.2 Å². The standard InChI is InChI=1S/C21H16F3N5O2S/c1-31-16-7-5-13(6-8-16)17-9-10-18-26-27-20(29(18)28-17)32-12-19(30)25-15-4-2-3-14(11-15)21(22,23)24/h2-11H,12H2,1H3,(H,25,30). The van der Waals surface area contributed by atoms with Crippen LogP contribution in [0.2, 0.25) is 0 Å². The maximum Gasteiger partial charge on any atom is 0.416 e. The minimum atomic E-state index is -4.48. The van der Waals surface area contributed by atoms with Gasteiger partial charge in [0.1, 0.15) is 5.75 Å². The van der Waals surface area contributed by atoms with E-state index in [2.05, 4.69) is 20.6 Å². The van der Waals surface area contributed by atoms with Gasteiger partial charge in [0.05, 0.1) is 24.1 Å². The molecule has 1 amide bonds. The van der Waals surface area contributed by atoms with Gasteiger partial charge in [0.2, 0.25) is 11.1 Å². The largest absolute Gasteiger partial charge is 0.497 e. The van der Waals surface area contributed by atoms with Crippen molar-refractivity contribution in [1.29, 1.82) is 0 Å². The number of hydrogen-bond acceptors (Lipinski definition) is 6. The van der Waals surface area contributed by atoms with Gasteiger partial charge in [-0.3, -0.25) is 4.79 Å². The fraction of sp³-hybridized carbons (Fsp3) is 0.143. The number of nitrogens with zero attached hydrogens (tertiary/aromatic N) is 4. The first kappa shape index (κ1) is 21.6. The fourth-order valence-electron chi connectivity index (χ4n) is 2.88. The number of carbonyl (C=O) groups is 1. The van der Waals surface area contributed by atoms with Crippen molar-refractivity contribution in [1.82, 2.24) is 19.8 Å². The van der Waals surface area contributed by atoms with Crippen molar-refractivity contribution < 1.29 is 22.7 Å². The molecule has 1 N–H and O–H groups in total. The van der Waals surface area contributed by atoms with Crippen LogP contribution < -0.4 is 10.1 Å². The monoisotopic (exact) mass is 459 g/mol. The number of benzene rings is 2. The van der Waals surface area contributed by atoms with Crippen molar-refractivity contribution in [3.8, 4) is 17.0 Å². The van der Waals surface area contributed by atoms with E-state index in [1.165, 1.54) is 16.6 Å². The molecule has 0 unspecified atom stereocenters. The molecule has 0 saturated carbocycles. The van der Waals surface area contributed by atoms with E-state index in [0.717, 1.165) is 35.2 Å². The summed E-state index contributed by atoms with van der Waals surface area (Å²) in [7, 11) is 1.59. The predicted octanol–water partition coefficient (Wildman–Crippen LogP) is 4.55. The third-order valence-electron chi connectivity index (χ3n) is 4.43. The van der Waals surface area contributed by atoms with Crippen LogP contribution in [0.4, 0.5) is 18.9 Å². The van der Waals surface area contributed by atoms with Crippen LogP contribution >= 0.6 is 11.8 Å². The van der Waals surface area contributed by atoms with E-state index in [0.29, 0.717) is 16.5 Å². The molecule has 0 bridgehead atoms. The van der Waals surface area contributed by atoms with Gasteiger partial charge in [-0.25, -0.2) is 0 Å². The topological polar surface area (TPSA) is 81.4 Å². The first-order valence-corrected chi connectivity index (χ1v) is 10.3. The zero-order valence-electron chi connectivity index (χ0n) is 16.6. The highest BCUT2D eigenvalue weighted by Gasteiger charge is 2.30. The van der Waals surface area contributed by atoms with Gasteiger partial charge < -0.3 is 10.1 Å². The Morgan fingerprint density at radius 3 is 2.59 bits per heavy atom. The number of amides is 1. The molecule has 11 heteroatoms. The number of fused-ring (bicyclic) bond motifs is 1. The van der Waals surface area contributed by atoms with Gasteiger partial charge in [0.25, 0.3) is 0 Å². The molecule has 2 aromatic heterocycles. The Hall–Kier alpha value is -3.60. The molecule has 0 radical (unpaired) electrons. The van der Waals surface area contributed by atoms with E-state index in [1.807, 2.05) is 24.3 Å². The van der Waals surface area contributed by atoms with Crippen molar-refractivity contribution in [2.75, 3.05) is 18.2 Å². The number of thioether (sulfide) groups is 1. The van der Waals surface area contributed by atoms with Gasteiger partial charge in [-0.1, -0.05) is 17.8 Å². The lowest BCUT2D eigenvalue weighted by Gasteiger charge is -2.09. The molecule has 0 aliphatic heterocycles. The molecule has 4 rings (SSSR count). The highest BCUT2D eigenvalue weighted by molar-refractivity contribution is 7.99. The Bertz CT molecular complexity index is 1260. The van der Waals surface area contributed by atoms with Crippen molar-refractivity contribution in [2.24, 2.45) is 0 Å². The van der Waals surface area contributed by atoms with Gasteiger partial charge >= 0.3 is 6.18 Å². The Labute approximate surface area is 184 Å². The van der Waals surface area contributed by atoms with Crippen LogP contribution in [0.3, 0.4) is 0 Å². The Morgan fingerprint density at radius 1 is 1.09 bits per heavy atom. The Kier molecular flexibility index (Phi) is 5.99. The second kappa shape index (κ2) is 8.87. The number of carbonyl (C=O) groups excluding carboxylic acids is 1. The molecule has 4 aromatic rings. The molecule has 2 heterocycles. The van der Waals surface area contributed by atoms with Crippen LogP contribution in [-0.2, 0) is 11.0 Å². The smallest absolute Gasteiger partial charge is 0.416 e. The number of rotatable bonds is 6. The summed E-state index contributed by atoms with van der Waals surface area (Å²) in [5, 5.41) is 15.5. The first-order valence-electron chi connectivity index (χ1n) is 9.30. The molecule has 32 heavy (non-hydrogen) atoms. The molecule has 0 spiro atoms. The molecule has 0 atom stereocenters. The minimum absolute atomic E-state index is 0.0662. The van der Waals surface area contributed by atoms with Crippen molar-refractivity contribution >= 4 is 29.0 Å². The number of nitrogens with one attached hydrogen (secondary N) is 1. The Morgan fingerprint density at radius 2 is 1.88 bits per heavy atom. The van der Waals surface area contributed by atoms with E-state index in [-0.39, 0.29) is 11.4 Å². The summed E-state index contributed by atoms with van der Waals surface area (Å²) in [6, 6.07) is 15.4. The van der Waals surface area contributed by atoms with Crippen LogP contribution in [0.15, 0.2) is 65.8 Å². The number of hydrogen-bond donors (Lipinski definition) is 1. The molecule has 0 saturated heterocycles. The van der Waals surface area contributed by atoms with Gasteiger partial charge in [-0.15, -0.1) is 10.2 Å².